The summed E-state index contributed by atoms with van der Waals surface area (Å²) in [5.74, 6) is 0.633. The lowest BCUT2D eigenvalue weighted by Crippen LogP contribution is -2.20. The van der Waals surface area contributed by atoms with E-state index in [0.717, 1.165) is 12.1 Å². The quantitative estimate of drug-likeness (QED) is 0.648. The number of rotatable bonds is 2. The molecule has 0 aromatic rings. The summed E-state index contributed by atoms with van der Waals surface area (Å²) in [4.78, 5) is 13.7. The number of ketones is 1. The maximum atomic E-state index is 11.8. The van der Waals surface area contributed by atoms with Gasteiger partial charge in [0.05, 0.1) is 12.8 Å². The van der Waals surface area contributed by atoms with Crippen LogP contribution >= 0.6 is 0 Å². The van der Waals surface area contributed by atoms with Crippen LogP contribution in [-0.2, 0) is 9.53 Å². The number of methoxy groups -OCH3 is 1. The number of Topliss-reactive ketones (excluding diaryl/α,β-unsaturated/α-hetero) is 1. The average molecular weight is 183 g/mol. The van der Waals surface area contributed by atoms with Gasteiger partial charge in [0.25, 0.3) is 0 Å². The topological polar surface area (TPSA) is 29.5 Å². The van der Waals surface area contributed by atoms with Gasteiger partial charge in [-0.1, -0.05) is 13.8 Å². The van der Waals surface area contributed by atoms with Crippen LogP contribution in [-0.4, -0.2) is 31.9 Å². The first kappa shape index (κ1) is 10.1. The van der Waals surface area contributed by atoms with Gasteiger partial charge in [-0.15, -0.1) is 0 Å². The Labute approximate surface area is 79.4 Å². The van der Waals surface area contributed by atoms with E-state index in [9.17, 15) is 4.79 Å². The van der Waals surface area contributed by atoms with E-state index < -0.39 is 0 Å². The Morgan fingerprint density at radius 1 is 1.38 bits per heavy atom. The van der Waals surface area contributed by atoms with Crippen LogP contribution in [0.1, 0.15) is 20.3 Å². The first-order chi connectivity index (χ1) is 5.90. The van der Waals surface area contributed by atoms with Gasteiger partial charge in [0.1, 0.15) is 0 Å². The number of ether oxygens (including phenoxy) is 1. The van der Waals surface area contributed by atoms with Crippen molar-refractivity contribution in [3.05, 3.63) is 11.5 Å². The van der Waals surface area contributed by atoms with Crippen molar-refractivity contribution < 1.29 is 9.53 Å². The summed E-state index contributed by atoms with van der Waals surface area (Å²) in [6, 6.07) is 0. The molecule has 13 heavy (non-hydrogen) atoms. The van der Waals surface area contributed by atoms with Crippen LogP contribution in [0.2, 0.25) is 0 Å². The molecule has 3 nitrogen and oxygen atoms in total. The fourth-order valence-electron chi connectivity index (χ4n) is 1.59. The van der Waals surface area contributed by atoms with Gasteiger partial charge < -0.3 is 9.64 Å². The molecule has 0 spiro atoms. The van der Waals surface area contributed by atoms with Crippen molar-refractivity contribution in [1.82, 2.24) is 4.90 Å². The van der Waals surface area contributed by atoms with Gasteiger partial charge in [-0.2, -0.15) is 0 Å². The summed E-state index contributed by atoms with van der Waals surface area (Å²) < 4.78 is 5.12. The molecular formula is C10H17NO2. The molecule has 1 aliphatic rings. The summed E-state index contributed by atoms with van der Waals surface area (Å²) >= 11 is 0. The lowest BCUT2D eigenvalue weighted by atomic mass is 9.89. The smallest absolute Gasteiger partial charge is 0.205 e. The molecule has 0 fully saturated rings. The van der Waals surface area contributed by atoms with Crippen molar-refractivity contribution in [3.8, 4) is 0 Å². The standard InChI is InChI=1S/C10H17NO2/c1-10(2)6-7(11(3)4)8(13-5)9(10)12/h6H2,1-5H3. The molecule has 0 aromatic carbocycles. The lowest BCUT2D eigenvalue weighted by molar-refractivity contribution is -0.124. The van der Waals surface area contributed by atoms with Crippen molar-refractivity contribution in [1.29, 1.82) is 0 Å². The van der Waals surface area contributed by atoms with Gasteiger partial charge >= 0.3 is 0 Å². The van der Waals surface area contributed by atoms with E-state index in [1.165, 1.54) is 0 Å². The average Bonchev–Trinajstić information content (AvgIpc) is 2.24. The zero-order chi connectivity index (χ0) is 10.2. The van der Waals surface area contributed by atoms with Crippen LogP contribution in [0.3, 0.4) is 0 Å². The van der Waals surface area contributed by atoms with Crippen LogP contribution in [0.4, 0.5) is 0 Å². The van der Waals surface area contributed by atoms with E-state index in [2.05, 4.69) is 0 Å². The minimum absolute atomic E-state index is 0.110. The minimum atomic E-state index is -0.301. The van der Waals surface area contributed by atoms with Crippen molar-refractivity contribution in [2.45, 2.75) is 20.3 Å². The molecular weight excluding hydrogens is 166 g/mol. The number of nitrogens with zero attached hydrogens (tertiary/aromatic N) is 1. The van der Waals surface area contributed by atoms with Gasteiger partial charge in [0.2, 0.25) is 5.78 Å². The fraction of sp³-hybridized carbons (Fsp3) is 0.700. The van der Waals surface area contributed by atoms with E-state index in [1.807, 2.05) is 32.8 Å². The third kappa shape index (κ3) is 1.55. The van der Waals surface area contributed by atoms with E-state index in [0.29, 0.717) is 5.76 Å². The second-order valence-corrected chi connectivity index (χ2v) is 4.26. The molecule has 0 aliphatic heterocycles. The molecule has 0 atom stereocenters. The van der Waals surface area contributed by atoms with Gasteiger partial charge in [0.15, 0.2) is 5.76 Å². The lowest BCUT2D eigenvalue weighted by Gasteiger charge is -2.17. The normalized spacial score (nSPS) is 20.8. The highest BCUT2D eigenvalue weighted by molar-refractivity contribution is 6.01. The van der Waals surface area contributed by atoms with Crippen LogP contribution in [0.5, 0.6) is 0 Å². The van der Waals surface area contributed by atoms with Crippen molar-refractivity contribution in [2.75, 3.05) is 21.2 Å². The number of hydrogen-bond donors (Lipinski definition) is 0. The molecule has 1 aliphatic carbocycles. The molecule has 0 heterocycles. The second-order valence-electron chi connectivity index (χ2n) is 4.26. The summed E-state index contributed by atoms with van der Waals surface area (Å²) in [5, 5.41) is 0. The van der Waals surface area contributed by atoms with E-state index in [1.54, 1.807) is 7.11 Å². The van der Waals surface area contributed by atoms with E-state index >= 15 is 0 Å². The molecule has 0 radical (unpaired) electrons. The molecule has 1 rings (SSSR count). The van der Waals surface area contributed by atoms with Gasteiger partial charge in [0, 0.05) is 25.9 Å². The highest BCUT2D eigenvalue weighted by Crippen LogP contribution is 2.38. The van der Waals surface area contributed by atoms with Crippen LogP contribution in [0.25, 0.3) is 0 Å². The molecule has 0 saturated heterocycles. The predicted octanol–water partition coefficient (Wildman–Crippen LogP) is 1.41. The highest BCUT2D eigenvalue weighted by Gasteiger charge is 2.41. The number of carbonyl (C=O) groups is 1. The molecule has 0 unspecified atom stereocenters. The molecule has 0 aromatic heterocycles. The van der Waals surface area contributed by atoms with Crippen LogP contribution in [0, 0.1) is 5.41 Å². The molecule has 74 valence electrons. The number of carbonyl (C=O) groups excluding carboxylic acids is 1. The van der Waals surface area contributed by atoms with Crippen molar-refractivity contribution in [2.24, 2.45) is 5.41 Å². The van der Waals surface area contributed by atoms with E-state index in [-0.39, 0.29) is 11.2 Å². The monoisotopic (exact) mass is 183 g/mol. The van der Waals surface area contributed by atoms with E-state index in [4.69, 9.17) is 4.74 Å². The Balaban J connectivity index is 3.05. The Morgan fingerprint density at radius 2 is 1.92 bits per heavy atom. The first-order valence-corrected chi connectivity index (χ1v) is 4.39. The first-order valence-electron chi connectivity index (χ1n) is 4.39. The zero-order valence-electron chi connectivity index (χ0n) is 8.97. The molecule has 0 N–H and O–H groups in total. The molecule has 0 saturated carbocycles. The zero-order valence-corrected chi connectivity index (χ0v) is 8.97. The SMILES string of the molecule is COC1=C(N(C)C)CC(C)(C)C1=O. The van der Waals surface area contributed by atoms with Gasteiger partial charge in [-0.3, -0.25) is 4.79 Å². The number of allylic oxidation sites excluding steroid dienone is 2. The molecule has 3 heteroatoms. The van der Waals surface area contributed by atoms with Crippen molar-refractivity contribution in [3.63, 3.8) is 0 Å². The maximum absolute atomic E-state index is 11.8. The Kier molecular flexibility index (Phi) is 2.37. The number of hydrogen-bond acceptors (Lipinski definition) is 3. The highest BCUT2D eigenvalue weighted by atomic mass is 16.5. The second kappa shape index (κ2) is 3.05. The summed E-state index contributed by atoms with van der Waals surface area (Å²) in [6.07, 6.45) is 0.766. The molecule has 0 amide bonds. The maximum Gasteiger partial charge on any atom is 0.205 e. The molecule has 0 bridgehead atoms. The third-order valence-corrected chi connectivity index (χ3v) is 2.44. The summed E-state index contributed by atoms with van der Waals surface area (Å²) in [5.41, 5.74) is 0.697. The Morgan fingerprint density at radius 3 is 2.23 bits per heavy atom. The fourth-order valence-corrected chi connectivity index (χ4v) is 1.59. The largest absolute Gasteiger partial charge is 0.491 e. The summed E-state index contributed by atoms with van der Waals surface area (Å²) in [6.45, 7) is 3.90. The predicted molar refractivity (Wildman–Crippen MR) is 51.1 cm³/mol. The van der Waals surface area contributed by atoms with Gasteiger partial charge in [-0.25, -0.2) is 0 Å². The van der Waals surface area contributed by atoms with Gasteiger partial charge in [-0.05, 0) is 0 Å². The Hall–Kier alpha value is -0.990. The van der Waals surface area contributed by atoms with Crippen LogP contribution < -0.4 is 0 Å². The van der Waals surface area contributed by atoms with Crippen molar-refractivity contribution >= 4 is 5.78 Å². The summed E-state index contributed by atoms with van der Waals surface area (Å²) in [7, 11) is 5.42. The van der Waals surface area contributed by atoms with Crippen LogP contribution in [0.15, 0.2) is 11.5 Å². The minimum Gasteiger partial charge on any atom is -0.491 e. The Bertz CT molecular complexity index is 264. The third-order valence-electron chi connectivity index (χ3n) is 2.44.